The summed E-state index contributed by atoms with van der Waals surface area (Å²) in [7, 11) is 0. The van der Waals surface area contributed by atoms with Crippen LogP contribution in [-0.4, -0.2) is 30.8 Å². The highest BCUT2D eigenvalue weighted by Gasteiger charge is 2.21. The molecular formula is C14H22N2O2. The molecule has 1 aliphatic rings. The molecule has 1 aromatic heterocycles. The largest absolute Gasteiger partial charge is 0.381 e. The van der Waals surface area contributed by atoms with Crippen LogP contribution in [0, 0.1) is 5.92 Å². The Labute approximate surface area is 108 Å². The lowest BCUT2D eigenvalue weighted by atomic mass is 10.0. The van der Waals surface area contributed by atoms with Gasteiger partial charge < -0.3 is 15.2 Å². The van der Waals surface area contributed by atoms with Gasteiger partial charge in [0.2, 0.25) is 0 Å². The maximum absolute atomic E-state index is 5.99. The molecule has 4 nitrogen and oxygen atoms in total. The highest BCUT2D eigenvalue weighted by molar-refractivity contribution is 5.08. The van der Waals surface area contributed by atoms with Gasteiger partial charge in [0.15, 0.2) is 0 Å². The van der Waals surface area contributed by atoms with Crippen molar-refractivity contribution >= 4 is 0 Å². The van der Waals surface area contributed by atoms with E-state index in [-0.39, 0.29) is 12.1 Å². The van der Waals surface area contributed by atoms with Crippen molar-refractivity contribution in [3.8, 4) is 0 Å². The molecule has 100 valence electrons. The maximum Gasteiger partial charge on any atom is 0.114 e. The van der Waals surface area contributed by atoms with Gasteiger partial charge in [-0.25, -0.2) is 0 Å². The van der Waals surface area contributed by atoms with Gasteiger partial charge in [-0.1, -0.05) is 6.07 Å². The minimum Gasteiger partial charge on any atom is -0.381 e. The predicted molar refractivity (Wildman–Crippen MR) is 70.1 cm³/mol. The second-order valence-corrected chi connectivity index (χ2v) is 4.92. The number of nitrogens with zero attached hydrogens (tertiary/aromatic N) is 1. The number of hydrogen-bond acceptors (Lipinski definition) is 4. The van der Waals surface area contributed by atoms with Crippen LogP contribution >= 0.6 is 0 Å². The van der Waals surface area contributed by atoms with Crippen molar-refractivity contribution in [2.45, 2.75) is 31.9 Å². The fourth-order valence-corrected chi connectivity index (χ4v) is 2.20. The Morgan fingerprint density at radius 2 is 2.22 bits per heavy atom. The number of aromatic nitrogens is 1. The van der Waals surface area contributed by atoms with E-state index < -0.39 is 0 Å². The molecule has 18 heavy (non-hydrogen) atoms. The van der Waals surface area contributed by atoms with E-state index in [1.165, 1.54) is 0 Å². The molecule has 0 aliphatic carbocycles. The molecule has 2 atom stereocenters. The van der Waals surface area contributed by atoms with E-state index in [2.05, 4.69) is 4.98 Å². The van der Waals surface area contributed by atoms with Crippen molar-refractivity contribution < 1.29 is 9.47 Å². The van der Waals surface area contributed by atoms with Crippen LogP contribution in [0.1, 0.15) is 31.6 Å². The van der Waals surface area contributed by atoms with Crippen LogP contribution in [-0.2, 0) is 9.47 Å². The predicted octanol–water partition coefficient (Wildman–Crippen LogP) is 1.91. The first-order valence-corrected chi connectivity index (χ1v) is 6.63. The highest BCUT2D eigenvalue weighted by atomic mass is 16.5. The highest BCUT2D eigenvalue weighted by Crippen LogP contribution is 2.22. The summed E-state index contributed by atoms with van der Waals surface area (Å²) in [6, 6.07) is 5.79. The molecule has 2 rings (SSSR count). The third-order valence-electron chi connectivity index (χ3n) is 3.31. The van der Waals surface area contributed by atoms with Gasteiger partial charge in [-0.2, -0.15) is 0 Å². The van der Waals surface area contributed by atoms with E-state index >= 15 is 0 Å². The van der Waals surface area contributed by atoms with E-state index in [0.717, 1.165) is 38.4 Å². The normalized spacial score (nSPS) is 20.6. The quantitative estimate of drug-likeness (QED) is 0.867. The molecule has 4 heteroatoms. The van der Waals surface area contributed by atoms with Crippen LogP contribution < -0.4 is 5.73 Å². The Hall–Kier alpha value is -0.970. The Bertz CT molecular complexity index is 337. The zero-order chi connectivity index (χ0) is 12.8. The lowest BCUT2D eigenvalue weighted by Gasteiger charge is -2.26. The average molecular weight is 250 g/mol. The van der Waals surface area contributed by atoms with Gasteiger partial charge in [0, 0.05) is 25.5 Å². The summed E-state index contributed by atoms with van der Waals surface area (Å²) in [4.78, 5) is 4.33. The number of pyridine rings is 1. The van der Waals surface area contributed by atoms with Gasteiger partial charge in [0.1, 0.15) is 6.10 Å². The molecule has 0 spiro atoms. The molecule has 1 aliphatic heterocycles. The van der Waals surface area contributed by atoms with Gasteiger partial charge >= 0.3 is 0 Å². The molecule has 0 saturated carbocycles. The monoisotopic (exact) mass is 250 g/mol. The van der Waals surface area contributed by atoms with Gasteiger partial charge in [-0.15, -0.1) is 0 Å². The summed E-state index contributed by atoms with van der Waals surface area (Å²) in [5.74, 6) is 0.587. The van der Waals surface area contributed by atoms with Crippen LogP contribution in [0.4, 0.5) is 0 Å². The van der Waals surface area contributed by atoms with Gasteiger partial charge in [0.25, 0.3) is 0 Å². The first kappa shape index (κ1) is 13.5. The van der Waals surface area contributed by atoms with Crippen LogP contribution in [0.2, 0.25) is 0 Å². The van der Waals surface area contributed by atoms with Gasteiger partial charge in [-0.05, 0) is 37.8 Å². The van der Waals surface area contributed by atoms with E-state index in [9.17, 15) is 0 Å². The minimum absolute atomic E-state index is 0.0558. The molecule has 2 N–H and O–H groups in total. The Kier molecular flexibility index (Phi) is 5.11. The van der Waals surface area contributed by atoms with E-state index in [1.807, 2.05) is 25.1 Å². The second-order valence-electron chi connectivity index (χ2n) is 4.92. The molecular weight excluding hydrogens is 228 g/mol. The van der Waals surface area contributed by atoms with Crippen molar-refractivity contribution in [2.75, 3.05) is 19.8 Å². The number of hydrogen-bond donors (Lipinski definition) is 1. The molecule has 1 aromatic rings. The third-order valence-corrected chi connectivity index (χ3v) is 3.31. The number of nitrogens with two attached hydrogens (primary N) is 1. The van der Waals surface area contributed by atoms with Crippen molar-refractivity contribution in [2.24, 2.45) is 11.7 Å². The van der Waals surface area contributed by atoms with Crippen molar-refractivity contribution in [1.82, 2.24) is 4.98 Å². The Morgan fingerprint density at radius 1 is 1.44 bits per heavy atom. The number of rotatable bonds is 5. The molecule has 2 unspecified atom stereocenters. The zero-order valence-corrected chi connectivity index (χ0v) is 10.9. The topological polar surface area (TPSA) is 57.4 Å². The van der Waals surface area contributed by atoms with Crippen LogP contribution in [0.25, 0.3) is 0 Å². The molecule has 0 bridgehead atoms. The summed E-state index contributed by atoms with van der Waals surface area (Å²) < 4.78 is 11.3. The van der Waals surface area contributed by atoms with Crippen LogP contribution in [0.15, 0.2) is 24.4 Å². The van der Waals surface area contributed by atoms with Crippen molar-refractivity contribution in [1.29, 1.82) is 0 Å². The summed E-state index contributed by atoms with van der Waals surface area (Å²) in [5, 5.41) is 0. The minimum atomic E-state index is -0.117. The molecule has 1 saturated heterocycles. The van der Waals surface area contributed by atoms with Gasteiger partial charge in [0.05, 0.1) is 12.3 Å². The van der Waals surface area contributed by atoms with Crippen molar-refractivity contribution in [3.63, 3.8) is 0 Å². The first-order valence-electron chi connectivity index (χ1n) is 6.63. The van der Waals surface area contributed by atoms with Crippen LogP contribution in [0.3, 0.4) is 0 Å². The molecule has 0 aromatic carbocycles. The molecule has 0 amide bonds. The first-order chi connectivity index (χ1) is 8.77. The van der Waals surface area contributed by atoms with Gasteiger partial charge in [-0.3, -0.25) is 4.98 Å². The molecule has 1 fully saturated rings. The number of ether oxygens (including phenoxy) is 2. The van der Waals surface area contributed by atoms with Crippen molar-refractivity contribution in [3.05, 3.63) is 30.1 Å². The second kappa shape index (κ2) is 6.83. The molecule has 0 radical (unpaired) electrons. The lowest BCUT2D eigenvalue weighted by molar-refractivity contribution is -0.0202. The summed E-state index contributed by atoms with van der Waals surface area (Å²) in [6.45, 7) is 4.40. The van der Waals surface area contributed by atoms with E-state index in [1.54, 1.807) is 6.20 Å². The molecule has 2 heterocycles. The summed E-state index contributed by atoms with van der Waals surface area (Å²) >= 11 is 0. The van der Waals surface area contributed by atoms with E-state index in [0.29, 0.717) is 5.92 Å². The lowest BCUT2D eigenvalue weighted by Crippen LogP contribution is -2.30. The SMILES string of the molecule is CC(N)C(OCC1CCOCC1)c1ccccn1. The fourth-order valence-electron chi connectivity index (χ4n) is 2.20. The van der Waals surface area contributed by atoms with Crippen LogP contribution in [0.5, 0.6) is 0 Å². The third kappa shape index (κ3) is 3.77. The Balaban J connectivity index is 1.90. The summed E-state index contributed by atoms with van der Waals surface area (Å²) in [6.07, 6.45) is 3.82. The Morgan fingerprint density at radius 3 is 2.83 bits per heavy atom. The fraction of sp³-hybridized carbons (Fsp3) is 0.643. The summed E-state index contributed by atoms with van der Waals surface area (Å²) in [5.41, 5.74) is 6.91. The standard InChI is InChI=1S/C14H22N2O2/c1-11(15)14(13-4-2-3-7-16-13)18-10-12-5-8-17-9-6-12/h2-4,7,11-12,14H,5-6,8-10,15H2,1H3. The smallest absolute Gasteiger partial charge is 0.114 e. The van der Waals surface area contributed by atoms with E-state index in [4.69, 9.17) is 15.2 Å². The zero-order valence-electron chi connectivity index (χ0n) is 10.9. The maximum atomic E-state index is 5.99. The average Bonchev–Trinajstić information content (AvgIpc) is 2.41.